The predicted molar refractivity (Wildman–Crippen MR) is 66.4 cm³/mol. The van der Waals surface area contributed by atoms with E-state index in [1.165, 1.54) is 5.39 Å². The van der Waals surface area contributed by atoms with E-state index in [0.717, 1.165) is 15.4 Å². The van der Waals surface area contributed by atoms with Crippen LogP contribution in [0.5, 0.6) is 0 Å². The zero-order valence-corrected chi connectivity index (χ0v) is 10.2. The molecule has 82 valence electrons. The van der Waals surface area contributed by atoms with Crippen LogP contribution < -0.4 is 0 Å². The molecule has 0 radical (unpaired) electrons. The van der Waals surface area contributed by atoms with E-state index in [4.69, 9.17) is 4.74 Å². The summed E-state index contributed by atoms with van der Waals surface area (Å²) in [5.74, 6) is 0. The summed E-state index contributed by atoms with van der Waals surface area (Å²) >= 11 is 3.61. The Kier molecular flexibility index (Phi) is 2.28. The average molecular weight is 279 g/mol. The van der Waals surface area contributed by atoms with Crippen LogP contribution in [0.15, 0.2) is 40.9 Å². The van der Waals surface area contributed by atoms with E-state index >= 15 is 0 Å². The maximum absolute atomic E-state index is 9.36. The smallest absolute Gasteiger partial charge is 0.141 e. The third-order valence-corrected chi connectivity index (χ3v) is 3.96. The minimum absolute atomic E-state index is 0.0317. The van der Waals surface area contributed by atoms with E-state index in [-0.39, 0.29) is 6.61 Å². The first-order valence-electron chi connectivity index (χ1n) is 5.19. The topological polar surface area (TPSA) is 32.8 Å². The fraction of sp³-hybridized carbons (Fsp3) is 0.231. The molecule has 2 nitrogen and oxygen atoms in total. The number of aliphatic hydroxyl groups is 1. The van der Waals surface area contributed by atoms with Gasteiger partial charge in [-0.15, -0.1) is 0 Å². The van der Waals surface area contributed by atoms with E-state index in [0.29, 0.717) is 6.61 Å². The molecule has 1 atom stereocenters. The molecule has 2 aromatic carbocycles. The number of aliphatic hydroxyl groups excluding tert-OH is 1. The molecule has 3 rings (SSSR count). The molecule has 1 unspecified atom stereocenters. The highest BCUT2D eigenvalue weighted by Crippen LogP contribution is 2.43. The summed E-state index contributed by atoms with van der Waals surface area (Å²) in [4.78, 5) is 0. The number of ether oxygens (including phenoxy) is 1. The van der Waals surface area contributed by atoms with E-state index in [9.17, 15) is 5.11 Å². The van der Waals surface area contributed by atoms with E-state index in [1.54, 1.807) is 0 Å². The summed E-state index contributed by atoms with van der Waals surface area (Å²) in [5.41, 5.74) is 0.566. The lowest BCUT2D eigenvalue weighted by Crippen LogP contribution is -2.14. The van der Waals surface area contributed by atoms with Crippen LogP contribution in [0.4, 0.5) is 0 Å². The minimum Gasteiger partial charge on any atom is -0.393 e. The first-order valence-corrected chi connectivity index (χ1v) is 5.99. The van der Waals surface area contributed by atoms with Crippen molar-refractivity contribution in [2.24, 2.45) is 0 Å². The van der Waals surface area contributed by atoms with Gasteiger partial charge in [-0.3, -0.25) is 0 Å². The highest BCUT2D eigenvalue weighted by atomic mass is 79.9. The molecule has 0 saturated carbocycles. The van der Waals surface area contributed by atoms with Crippen LogP contribution in [-0.4, -0.2) is 18.3 Å². The van der Waals surface area contributed by atoms with Gasteiger partial charge in [0.25, 0.3) is 0 Å². The lowest BCUT2D eigenvalue weighted by atomic mass is 9.97. The minimum atomic E-state index is -0.469. The first-order chi connectivity index (χ1) is 7.77. The van der Waals surface area contributed by atoms with Crippen LogP contribution in [0.1, 0.15) is 5.56 Å². The lowest BCUT2D eigenvalue weighted by Gasteiger charge is -2.13. The quantitative estimate of drug-likeness (QED) is 0.857. The number of benzene rings is 2. The van der Waals surface area contributed by atoms with Crippen molar-refractivity contribution in [1.82, 2.24) is 0 Å². The third kappa shape index (κ3) is 1.39. The van der Waals surface area contributed by atoms with Crippen molar-refractivity contribution < 1.29 is 9.84 Å². The molecule has 1 fully saturated rings. The Bertz CT molecular complexity index is 547. The molecule has 1 heterocycles. The number of epoxide rings is 1. The maximum atomic E-state index is 9.36. The van der Waals surface area contributed by atoms with Crippen molar-refractivity contribution in [3.05, 3.63) is 46.4 Å². The molecular formula is C13H11BrO2. The van der Waals surface area contributed by atoms with E-state index in [2.05, 4.69) is 34.1 Å². The highest BCUT2D eigenvalue weighted by Gasteiger charge is 2.47. The predicted octanol–water partition coefficient (Wildman–Crippen LogP) is 2.82. The van der Waals surface area contributed by atoms with E-state index < -0.39 is 5.60 Å². The Morgan fingerprint density at radius 2 is 2.00 bits per heavy atom. The summed E-state index contributed by atoms with van der Waals surface area (Å²) in [6, 6.07) is 12.3. The molecule has 16 heavy (non-hydrogen) atoms. The SMILES string of the molecule is OCC1(c2ccc3ccccc3c2Br)CO1. The Balaban J connectivity index is 2.24. The second kappa shape index (κ2) is 3.55. The van der Waals surface area contributed by atoms with Crippen molar-refractivity contribution >= 4 is 26.7 Å². The monoisotopic (exact) mass is 278 g/mol. The standard InChI is InChI=1S/C13H11BrO2/c14-12-10-4-2-1-3-9(10)5-6-11(12)13(7-15)8-16-13/h1-6,15H,7-8H2. The number of rotatable bonds is 2. The molecule has 3 heteroatoms. The lowest BCUT2D eigenvalue weighted by molar-refractivity contribution is 0.172. The molecule has 0 bridgehead atoms. The average Bonchev–Trinajstić information content (AvgIpc) is 3.11. The molecule has 1 N–H and O–H groups in total. The van der Waals surface area contributed by atoms with Gasteiger partial charge in [-0.1, -0.05) is 36.4 Å². The number of hydrogen-bond acceptors (Lipinski definition) is 2. The van der Waals surface area contributed by atoms with Crippen LogP contribution in [0, 0.1) is 0 Å². The number of halogens is 1. The second-order valence-electron chi connectivity index (χ2n) is 4.09. The molecule has 1 aliphatic heterocycles. The molecule has 1 saturated heterocycles. The van der Waals surface area contributed by atoms with Gasteiger partial charge in [0.1, 0.15) is 5.60 Å². The van der Waals surface area contributed by atoms with Gasteiger partial charge in [-0.05, 0) is 26.7 Å². The Morgan fingerprint density at radius 3 is 2.69 bits per heavy atom. The van der Waals surface area contributed by atoms with Crippen LogP contribution in [0.2, 0.25) is 0 Å². The van der Waals surface area contributed by atoms with Crippen LogP contribution >= 0.6 is 15.9 Å². The van der Waals surface area contributed by atoms with Crippen molar-refractivity contribution in [3.63, 3.8) is 0 Å². The van der Waals surface area contributed by atoms with Crippen molar-refractivity contribution in [2.75, 3.05) is 13.2 Å². The van der Waals surface area contributed by atoms with E-state index in [1.807, 2.05) is 18.2 Å². The molecule has 0 spiro atoms. The van der Waals surface area contributed by atoms with Gasteiger partial charge in [0.2, 0.25) is 0 Å². The van der Waals surface area contributed by atoms with Gasteiger partial charge in [-0.2, -0.15) is 0 Å². The van der Waals surface area contributed by atoms with Gasteiger partial charge in [0, 0.05) is 10.0 Å². The summed E-state index contributed by atoms with van der Waals surface area (Å²) in [6.07, 6.45) is 0. The molecule has 0 aliphatic carbocycles. The van der Waals surface area contributed by atoms with Crippen LogP contribution in [0.3, 0.4) is 0 Å². The van der Waals surface area contributed by atoms with Crippen molar-refractivity contribution in [3.8, 4) is 0 Å². The molecular weight excluding hydrogens is 268 g/mol. The van der Waals surface area contributed by atoms with Gasteiger partial charge in [0.15, 0.2) is 0 Å². The maximum Gasteiger partial charge on any atom is 0.141 e. The third-order valence-electron chi connectivity index (χ3n) is 3.10. The fourth-order valence-corrected chi connectivity index (χ4v) is 2.86. The highest BCUT2D eigenvalue weighted by molar-refractivity contribution is 9.10. The van der Waals surface area contributed by atoms with Gasteiger partial charge < -0.3 is 9.84 Å². The number of fused-ring (bicyclic) bond motifs is 1. The van der Waals surface area contributed by atoms with Crippen LogP contribution in [0.25, 0.3) is 10.8 Å². The molecule has 1 aliphatic rings. The summed E-state index contributed by atoms with van der Waals surface area (Å²) < 4.78 is 6.41. The Labute approximate surface area is 102 Å². The van der Waals surface area contributed by atoms with Crippen LogP contribution in [-0.2, 0) is 10.3 Å². The summed E-state index contributed by atoms with van der Waals surface area (Å²) in [5, 5.41) is 11.7. The normalized spacial score (nSPS) is 23.6. The van der Waals surface area contributed by atoms with Crippen molar-refractivity contribution in [1.29, 1.82) is 0 Å². The zero-order chi connectivity index (χ0) is 11.2. The molecule has 0 amide bonds. The zero-order valence-electron chi connectivity index (χ0n) is 8.61. The van der Waals surface area contributed by atoms with Gasteiger partial charge >= 0.3 is 0 Å². The molecule has 0 aromatic heterocycles. The Morgan fingerprint density at radius 1 is 1.25 bits per heavy atom. The molecule has 2 aromatic rings. The fourth-order valence-electron chi connectivity index (χ4n) is 2.00. The van der Waals surface area contributed by atoms with Gasteiger partial charge in [0.05, 0.1) is 13.2 Å². The first kappa shape index (κ1) is 10.3. The largest absolute Gasteiger partial charge is 0.393 e. The number of hydrogen-bond donors (Lipinski definition) is 1. The second-order valence-corrected chi connectivity index (χ2v) is 4.88. The summed E-state index contributed by atoms with van der Waals surface area (Å²) in [6.45, 7) is 0.629. The summed E-state index contributed by atoms with van der Waals surface area (Å²) in [7, 11) is 0. The van der Waals surface area contributed by atoms with Gasteiger partial charge in [-0.25, -0.2) is 0 Å². The Hall–Kier alpha value is -0.900. The van der Waals surface area contributed by atoms with Crippen molar-refractivity contribution in [2.45, 2.75) is 5.60 Å².